The number of imidazole rings is 1. The summed E-state index contributed by atoms with van der Waals surface area (Å²) in [4.78, 5) is 20.7. The normalized spacial score (nSPS) is 14.0. The van der Waals surface area contributed by atoms with Crippen LogP contribution in [0.25, 0.3) is 22.4 Å². The minimum absolute atomic E-state index is 0.172. The summed E-state index contributed by atoms with van der Waals surface area (Å²) < 4.78 is 5.46. The van der Waals surface area contributed by atoms with Crippen LogP contribution in [0.5, 0.6) is 0 Å². The van der Waals surface area contributed by atoms with Gasteiger partial charge in [0.1, 0.15) is 5.82 Å². The molecule has 0 spiro atoms. The highest BCUT2D eigenvalue weighted by Gasteiger charge is 2.14. The van der Waals surface area contributed by atoms with E-state index in [1.54, 1.807) is 24.3 Å². The van der Waals surface area contributed by atoms with Crippen LogP contribution in [-0.2, 0) is 0 Å². The van der Waals surface area contributed by atoms with Crippen LogP contribution in [0, 0.1) is 0 Å². The molecular formula is C23H20ClN5OS. The maximum absolute atomic E-state index is 12.8. The number of carbonyl (C=O) groups is 1. The summed E-state index contributed by atoms with van der Waals surface area (Å²) in [7, 11) is 0. The van der Waals surface area contributed by atoms with Crippen LogP contribution in [0.1, 0.15) is 16.8 Å². The van der Waals surface area contributed by atoms with Gasteiger partial charge in [-0.2, -0.15) is 0 Å². The van der Waals surface area contributed by atoms with Crippen molar-refractivity contribution >= 4 is 52.1 Å². The zero-order chi connectivity index (χ0) is 21.2. The monoisotopic (exact) mass is 449 g/mol. The van der Waals surface area contributed by atoms with Crippen LogP contribution in [0.2, 0.25) is 5.02 Å². The highest BCUT2D eigenvalue weighted by atomic mass is 35.5. The molecule has 8 heteroatoms. The Morgan fingerprint density at radius 1 is 1.10 bits per heavy atom. The smallest absolute Gasteiger partial charge is 0.255 e. The summed E-state index contributed by atoms with van der Waals surface area (Å²) >= 11 is 8.02. The lowest BCUT2D eigenvalue weighted by atomic mass is 10.1. The Balaban J connectivity index is 1.35. The second kappa shape index (κ2) is 8.63. The molecule has 2 heterocycles. The van der Waals surface area contributed by atoms with Gasteiger partial charge in [-0.3, -0.25) is 4.79 Å². The highest BCUT2D eigenvalue weighted by Crippen LogP contribution is 2.30. The summed E-state index contributed by atoms with van der Waals surface area (Å²) in [6.07, 6.45) is 1.10. The van der Waals surface area contributed by atoms with E-state index in [4.69, 9.17) is 11.6 Å². The molecule has 3 aromatic carbocycles. The average molecular weight is 450 g/mol. The largest absolute Gasteiger partial charge is 0.338 e. The van der Waals surface area contributed by atoms with Gasteiger partial charge in [-0.15, -0.1) is 0 Å². The van der Waals surface area contributed by atoms with Gasteiger partial charge in [-0.1, -0.05) is 23.7 Å². The number of carbonyl (C=O) groups excluding carboxylic acids is 1. The SMILES string of the molecule is O=C(Nc1ccc(Cl)c(-c2nc3ccccc3[nH]2)c1)c1ccc(N2CCCNS2)cc1. The topological polar surface area (TPSA) is 73.0 Å². The lowest BCUT2D eigenvalue weighted by Gasteiger charge is -2.27. The maximum atomic E-state index is 12.8. The number of benzene rings is 3. The molecule has 1 aliphatic rings. The van der Waals surface area contributed by atoms with E-state index in [-0.39, 0.29) is 5.91 Å². The summed E-state index contributed by atoms with van der Waals surface area (Å²) in [6, 6.07) is 20.8. The summed E-state index contributed by atoms with van der Waals surface area (Å²) in [5.74, 6) is 0.494. The lowest BCUT2D eigenvalue weighted by Crippen LogP contribution is -2.29. The Morgan fingerprint density at radius 3 is 2.71 bits per heavy atom. The molecular weight excluding hydrogens is 430 g/mol. The number of amides is 1. The van der Waals surface area contributed by atoms with Gasteiger partial charge in [-0.25, -0.2) is 9.71 Å². The molecule has 3 N–H and O–H groups in total. The van der Waals surface area contributed by atoms with E-state index in [0.717, 1.165) is 41.8 Å². The quantitative estimate of drug-likeness (QED) is 0.359. The third-order valence-electron chi connectivity index (χ3n) is 5.10. The first-order valence-corrected chi connectivity index (χ1v) is 11.2. The summed E-state index contributed by atoms with van der Waals surface area (Å²) in [6.45, 7) is 2.00. The Morgan fingerprint density at radius 2 is 1.94 bits per heavy atom. The number of nitrogens with one attached hydrogen (secondary N) is 3. The van der Waals surface area contributed by atoms with Gasteiger partial charge in [0.2, 0.25) is 0 Å². The molecule has 0 aliphatic carbocycles. The summed E-state index contributed by atoms with van der Waals surface area (Å²) in [5.41, 5.74) is 4.87. The van der Waals surface area contributed by atoms with Crippen molar-refractivity contribution in [1.29, 1.82) is 0 Å². The van der Waals surface area contributed by atoms with Crippen molar-refractivity contribution in [3.63, 3.8) is 0 Å². The lowest BCUT2D eigenvalue weighted by molar-refractivity contribution is 0.102. The Hall–Kier alpha value is -3.00. The van der Waals surface area contributed by atoms with Gasteiger partial charge < -0.3 is 14.6 Å². The van der Waals surface area contributed by atoms with Gasteiger partial charge in [0.05, 0.1) is 16.1 Å². The molecule has 5 rings (SSSR count). The number of aromatic nitrogens is 2. The van der Waals surface area contributed by atoms with E-state index in [9.17, 15) is 4.79 Å². The zero-order valence-corrected chi connectivity index (χ0v) is 18.1. The fourth-order valence-corrected chi connectivity index (χ4v) is 4.54. The molecule has 1 fully saturated rings. The van der Waals surface area contributed by atoms with Crippen LogP contribution in [0.3, 0.4) is 0 Å². The standard InChI is InChI=1S/C23H20ClN5OS/c24-19-11-8-16(14-18(19)22-27-20-4-1-2-5-21(20)28-22)26-23(30)15-6-9-17(10-7-15)29-13-3-12-25-31-29/h1-2,4-11,14,25H,3,12-13H2,(H,26,30)(H,27,28). The van der Waals surface area contributed by atoms with Crippen LogP contribution in [0.15, 0.2) is 66.7 Å². The van der Waals surface area contributed by atoms with Gasteiger partial charge >= 0.3 is 0 Å². The molecule has 1 amide bonds. The molecule has 31 heavy (non-hydrogen) atoms. The number of hydrogen-bond acceptors (Lipinski definition) is 5. The minimum atomic E-state index is -0.172. The second-order valence-electron chi connectivity index (χ2n) is 7.24. The highest BCUT2D eigenvalue weighted by molar-refractivity contribution is 7.98. The molecule has 1 aromatic heterocycles. The first-order valence-electron chi connectivity index (χ1n) is 10.0. The molecule has 0 saturated carbocycles. The van der Waals surface area contributed by atoms with E-state index in [0.29, 0.717) is 22.1 Å². The molecule has 0 radical (unpaired) electrons. The Labute approximate surface area is 189 Å². The van der Waals surface area contributed by atoms with Crippen molar-refractivity contribution in [1.82, 2.24) is 14.7 Å². The molecule has 4 aromatic rings. The number of rotatable bonds is 4. The predicted octanol–water partition coefficient (Wildman–Crippen LogP) is 5.50. The van der Waals surface area contributed by atoms with Crippen LogP contribution < -0.4 is 14.3 Å². The number of para-hydroxylation sites is 2. The molecule has 0 atom stereocenters. The number of H-pyrrole nitrogens is 1. The molecule has 156 valence electrons. The summed E-state index contributed by atoms with van der Waals surface area (Å²) in [5, 5.41) is 3.52. The Kier molecular flexibility index (Phi) is 5.55. The third-order valence-corrected chi connectivity index (χ3v) is 6.38. The van der Waals surface area contributed by atoms with Gasteiger partial charge in [0, 0.05) is 47.7 Å². The minimum Gasteiger partial charge on any atom is -0.338 e. The molecule has 0 bridgehead atoms. The maximum Gasteiger partial charge on any atom is 0.255 e. The van der Waals surface area contributed by atoms with Crippen molar-refractivity contribution in [2.45, 2.75) is 6.42 Å². The number of anilines is 2. The second-order valence-corrected chi connectivity index (χ2v) is 8.56. The first-order chi connectivity index (χ1) is 15.2. The van der Waals surface area contributed by atoms with Crippen molar-refractivity contribution in [2.24, 2.45) is 0 Å². The average Bonchev–Trinajstić information content (AvgIpc) is 3.25. The van der Waals surface area contributed by atoms with Gasteiger partial charge in [-0.05, 0) is 61.0 Å². The predicted molar refractivity (Wildman–Crippen MR) is 128 cm³/mol. The van der Waals surface area contributed by atoms with E-state index in [1.165, 1.54) is 0 Å². The third kappa shape index (κ3) is 4.25. The first kappa shape index (κ1) is 19.9. The van der Waals surface area contributed by atoms with Crippen LogP contribution in [-0.4, -0.2) is 29.0 Å². The number of fused-ring (bicyclic) bond motifs is 1. The fraction of sp³-hybridized carbons (Fsp3) is 0.130. The van der Waals surface area contributed by atoms with Crippen molar-refractivity contribution in [2.75, 3.05) is 22.7 Å². The number of hydrogen-bond donors (Lipinski definition) is 3. The van der Waals surface area contributed by atoms with E-state index in [1.807, 2.05) is 54.6 Å². The molecule has 6 nitrogen and oxygen atoms in total. The van der Waals surface area contributed by atoms with Crippen molar-refractivity contribution < 1.29 is 4.79 Å². The van der Waals surface area contributed by atoms with Gasteiger partial charge in [0.15, 0.2) is 0 Å². The van der Waals surface area contributed by atoms with E-state index >= 15 is 0 Å². The number of halogens is 1. The van der Waals surface area contributed by atoms with Crippen molar-refractivity contribution in [3.8, 4) is 11.4 Å². The van der Waals surface area contributed by atoms with Crippen LogP contribution in [0.4, 0.5) is 11.4 Å². The number of aromatic amines is 1. The fourth-order valence-electron chi connectivity index (χ4n) is 3.49. The Bertz CT molecular complexity index is 1200. The van der Waals surface area contributed by atoms with Gasteiger partial charge in [0.25, 0.3) is 5.91 Å². The molecule has 1 saturated heterocycles. The van der Waals surface area contributed by atoms with E-state index < -0.39 is 0 Å². The van der Waals surface area contributed by atoms with Crippen LogP contribution >= 0.6 is 23.7 Å². The number of nitrogens with zero attached hydrogens (tertiary/aromatic N) is 2. The zero-order valence-electron chi connectivity index (χ0n) is 16.6. The molecule has 0 unspecified atom stereocenters. The molecule has 1 aliphatic heterocycles. The van der Waals surface area contributed by atoms with Crippen molar-refractivity contribution in [3.05, 3.63) is 77.3 Å². The van der Waals surface area contributed by atoms with E-state index in [2.05, 4.69) is 24.3 Å².